The Kier molecular flexibility index (Phi) is 6.95. The number of ether oxygens (including phenoxy) is 1. The number of aryl methyl sites for hydroxylation is 1. The molecule has 0 aromatic heterocycles. The predicted molar refractivity (Wildman–Crippen MR) is 113 cm³/mol. The van der Waals surface area contributed by atoms with Gasteiger partial charge in [-0.25, -0.2) is 0 Å². The largest absolute Gasteiger partial charge is 0.489 e. The lowest BCUT2D eigenvalue weighted by Crippen LogP contribution is -2.46. The van der Waals surface area contributed by atoms with E-state index in [0.29, 0.717) is 28.9 Å². The molecule has 8 heteroatoms. The number of halogens is 1. The minimum absolute atomic E-state index is 0.00130. The van der Waals surface area contributed by atoms with Gasteiger partial charge in [0.05, 0.1) is 6.54 Å². The number of nitrogens with one attached hydrogen (secondary N) is 3. The summed E-state index contributed by atoms with van der Waals surface area (Å²) in [5.74, 6) is 0.00909. The minimum atomic E-state index is -0.492. The number of carbonyl (C=O) groups is 3. The van der Waals surface area contributed by atoms with Crippen LogP contribution in [0.4, 0.5) is 0 Å². The SMILES string of the molecule is Cc1cc(OCc2ccc(C(=O)NNC(=O)CNC(=O)C3CC3C)cc2)ccc1Cl. The molecule has 0 saturated heterocycles. The average Bonchev–Trinajstić information content (AvgIpc) is 3.48. The second kappa shape index (κ2) is 9.63. The van der Waals surface area contributed by atoms with E-state index < -0.39 is 11.8 Å². The number of hydrogen-bond donors (Lipinski definition) is 3. The first-order valence-corrected chi connectivity index (χ1v) is 10.1. The van der Waals surface area contributed by atoms with Crippen molar-refractivity contribution in [1.82, 2.24) is 16.2 Å². The highest BCUT2D eigenvalue weighted by atomic mass is 35.5. The zero-order valence-corrected chi connectivity index (χ0v) is 17.6. The first-order valence-electron chi connectivity index (χ1n) is 9.68. The van der Waals surface area contributed by atoms with Crippen LogP contribution in [-0.2, 0) is 16.2 Å². The zero-order valence-electron chi connectivity index (χ0n) is 16.8. The van der Waals surface area contributed by atoms with Crippen molar-refractivity contribution in [2.24, 2.45) is 11.8 Å². The van der Waals surface area contributed by atoms with Gasteiger partial charge < -0.3 is 10.1 Å². The number of amides is 3. The van der Waals surface area contributed by atoms with Crippen LogP contribution in [0.1, 0.15) is 34.8 Å². The van der Waals surface area contributed by atoms with Crippen LogP contribution in [0, 0.1) is 18.8 Å². The van der Waals surface area contributed by atoms with E-state index in [1.165, 1.54) is 0 Å². The van der Waals surface area contributed by atoms with Crippen LogP contribution in [0.3, 0.4) is 0 Å². The Bertz CT molecular complexity index is 946. The molecule has 0 spiro atoms. The molecule has 2 aromatic rings. The molecule has 1 aliphatic carbocycles. The first-order chi connectivity index (χ1) is 14.3. The van der Waals surface area contributed by atoms with E-state index in [0.717, 1.165) is 17.5 Å². The van der Waals surface area contributed by atoms with Crippen molar-refractivity contribution in [2.75, 3.05) is 6.54 Å². The molecule has 158 valence electrons. The van der Waals surface area contributed by atoms with Gasteiger partial charge in [0.25, 0.3) is 11.8 Å². The van der Waals surface area contributed by atoms with Crippen LogP contribution in [-0.4, -0.2) is 24.3 Å². The summed E-state index contributed by atoms with van der Waals surface area (Å²) in [5.41, 5.74) is 6.83. The molecule has 3 rings (SSSR count). The third-order valence-electron chi connectivity index (χ3n) is 4.94. The Balaban J connectivity index is 1.41. The van der Waals surface area contributed by atoms with Crippen LogP contribution < -0.4 is 20.9 Å². The number of hydrogen-bond acceptors (Lipinski definition) is 4. The topological polar surface area (TPSA) is 96.5 Å². The van der Waals surface area contributed by atoms with Crippen molar-refractivity contribution in [3.05, 3.63) is 64.2 Å². The zero-order chi connectivity index (χ0) is 21.7. The maximum atomic E-state index is 12.2. The Morgan fingerprint density at radius 2 is 1.80 bits per heavy atom. The van der Waals surface area contributed by atoms with Gasteiger partial charge in [0.2, 0.25) is 5.91 Å². The minimum Gasteiger partial charge on any atom is -0.489 e. The van der Waals surface area contributed by atoms with Gasteiger partial charge in [0.1, 0.15) is 12.4 Å². The van der Waals surface area contributed by atoms with Crippen molar-refractivity contribution < 1.29 is 19.1 Å². The molecule has 2 aromatic carbocycles. The smallest absolute Gasteiger partial charge is 0.269 e. The first kappa shape index (κ1) is 21.6. The maximum Gasteiger partial charge on any atom is 0.269 e. The molecule has 1 fully saturated rings. The number of carbonyl (C=O) groups excluding carboxylic acids is 3. The second-order valence-electron chi connectivity index (χ2n) is 7.44. The van der Waals surface area contributed by atoms with Gasteiger partial charge in [-0.05, 0) is 60.7 Å². The van der Waals surface area contributed by atoms with Crippen LogP contribution in [0.2, 0.25) is 5.02 Å². The number of benzene rings is 2. The van der Waals surface area contributed by atoms with Gasteiger partial charge in [0, 0.05) is 16.5 Å². The fraction of sp³-hybridized carbons (Fsp3) is 0.318. The highest BCUT2D eigenvalue weighted by molar-refractivity contribution is 6.31. The van der Waals surface area contributed by atoms with E-state index in [9.17, 15) is 14.4 Å². The summed E-state index contributed by atoms with van der Waals surface area (Å²) in [4.78, 5) is 35.6. The molecule has 30 heavy (non-hydrogen) atoms. The Morgan fingerprint density at radius 3 is 2.43 bits per heavy atom. The lowest BCUT2D eigenvalue weighted by molar-refractivity contribution is -0.127. The Labute approximate surface area is 180 Å². The van der Waals surface area contributed by atoms with Gasteiger partial charge in [-0.3, -0.25) is 25.2 Å². The molecule has 3 amide bonds. The van der Waals surface area contributed by atoms with Crippen LogP contribution in [0.25, 0.3) is 0 Å². The lowest BCUT2D eigenvalue weighted by atomic mass is 10.1. The van der Waals surface area contributed by atoms with Gasteiger partial charge in [0.15, 0.2) is 0 Å². The highest BCUT2D eigenvalue weighted by Gasteiger charge is 2.38. The quantitative estimate of drug-likeness (QED) is 0.589. The summed E-state index contributed by atoms with van der Waals surface area (Å²) in [5, 5.41) is 3.24. The summed E-state index contributed by atoms with van der Waals surface area (Å²) >= 11 is 6.00. The molecule has 7 nitrogen and oxygen atoms in total. The predicted octanol–water partition coefficient (Wildman–Crippen LogP) is 2.76. The van der Waals surface area contributed by atoms with Crippen molar-refractivity contribution in [3.8, 4) is 5.75 Å². The molecular weight excluding hydrogens is 406 g/mol. The van der Waals surface area contributed by atoms with Gasteiger partial charge in [-0.1, -0.05) is 30.7 Å². The molecule has 1 aliphatic rings. The number of rotatable bonds is 7. The Hall–Kier alpha value is -3.06. The van der Waals surface area contributed by atoms with Crippen LogP contribution in [0.15, 0.2) is 42.5 Å². The average molecular weight is 430 g/mol. The maximum absolute atomic E-state index is 12.2. The third-order valence-corrected chi connectivity index (χ3v) is 5.36. The van der Waals surface area contributed by atoms with E-state index in [1.54, 1.807) is 36.4 Å². The Morgan fingerprint density at radius 1 is 1.10 bits per heavy atom. The summed E-state index contributed by atoms with van der Waals surface area (Å²) in [6, 6.07) is 12.3. The monoisotopic (exact) mass is 429 g/mol. The molecule has 2 unspecified atom stereocenters. The molecule has 0 aliphatic heterocycles. The van der Waals surface area contributed by atoms with E-state index in [2.05, 4.69) is 16.2 Å². The summed E-state index contributed by atoms with van der Waals surface area (Å²) in [7, 11) is 0. The van der Waals surface area contributed by atoms with Crippen molar-refractivity contribution in [2.45, 2.75) is 26.9 Å². The molecular formula is C22H24ClN3O4. The van der Waals surface area contributed by atoms with Crippen LogP contribution >= 0.6 is 11.6 Å². The van der Waals surface area contributed by atoms with E-state index in [4.69, 9.17) is 16.3 Å². The molecule has 0 heterocycles. The summed E-state index contributed by atoms with van der Waals surface area (Å²) < 4.78 is 5.73. The molecule has 2 atom stereocenters. The highest BCUT2D eigenvalue weighted by Crippen LogP contribution is 2.37. The third kappa shape index (κ3) is 5.97. The van der Waals surface area contributed by atoms with Gasteiger partial charge >= 0.3 is 0 Å². The summed E-state index contributed by atoms with van der Waals surface area (Å²) in [6.07, 6.45) is 0.852. The molecule has 3 N–H and O–H groups in total. The lowest BCUT2D eigenvalue weighted by Gasteiger charge is -2.10. The van der Waals surface area contributed by atoms with Gasteiger partial charge in [-0.2, -0.15) is 0 Å². The molecule has 1 saturated carbocycles. The van der Waals surface area contributed by atoms with E-state index >= 15 is 0 Å². The van der Waals surface area contributed by atoms with Crippen molar-refractivity contribution in [3.63, 3.8) is 0 Å². The van der Waals surface area contributed by atoms with Gasteiger partial charge in [-0.15, -0.1) is 0 Å². The standard InChI is InChI=1S/C22H24ClN3O4/c1-13-10-18(13)22(29)24-11-20(27)25-26-21(28)16-5-3-15(4-6-16)12-30-17-7-8-19(23)14(2)9-17/h3-9,13,18H,10-12H2,1-2H3,(H,24,29)(H,25,27)(H,26,28). The summed E-state index contributed by atoms with van der Waals surface area (Å²) in [6.45, 7) is 4.06. The number of hydrazine groups is 1. The van der Waals surface area contributed by atoms with E-state index in [-0.39, 0.29) is 18.4 Å². The van der Waals surface area contributed by atoms with E-state index in [1.807, 2.05) is 19.9 Å². The van der Waals surface area contributed by atoms with Crippen molar-refractivity contribution >= 4 is 29.3 Å². The normalized spacial score (nSPS) is 17.0. The molecule has 0 radical (unpaired) electrons. The molecule has 0 bridgehead atoms. The fourth-order valence-electron chi connectivity index (χ4n) is 2.85. The second-order valence-corrected chi connectivity index (χ2v) is 7.84. The van der Waals surface area contributed by atoms with Crippen LogP contribution in [0.5, 0.6) is 5.75 Å². The van der Waals surface area contributed by atoms with Crippen molar-refractivity contribution in [1.29, 1.82) is 0 Å². The fourth-order valence-corrected chi connectivity index (χ4v) is 2.97.